The lowest BCUT2D eigenvalue weighted by Crippen LogP contribution is -2.15. The van der Waals surface area contributed by atoms with Gasteiger partial charge in [-0.15, -0.1) is 0 Å². The number of rotatable bonds is 2. The molecule has 0 bridgehead atoms. The maximum Gasteiger partial charge on any atom is 0.335 e. The van der Waals surface area contributed by atoms with E-state index in [9.17, 15) is 4.79 Å². The molecule has 0 saturated heterocycles. The first-order valence-corrected chi connectivity index (χ1v) is 6.79. The van der Waals surface area contributed by atoms with Crippen molar-refractivity contribution in [3.05, 3.63) is 64.2 Å². The smallest absolute Gasteiger partial charge is 0.335 e. The fourth-order valence-electron chi connectivity index (χ4n) is 2.43. The predicted octanol–water partition coefficient (Wildman–Crippen LogP) is 4.10. The topological polar surface area (TPSA) is 46.5 Å². The maximum atomic E-state index is 10.8. The van der Waals surface area contributed by atoms with Gasteiger partial charge in [-0.05, 0) is 54.3 Å². The number of hydrogen-bond acceptors (Lipinski definition) is 2. The second kappa shape index (κ2) is 5.17. The first-order valence-electron chi connectivity index (χ1n) is 6.42. The van der Waals surface area contributed by atoms with Gasteiger partial charge in [0, 0.05) is 5.02 Å². The van der Waals surface area contributed by atoms with Crippen molar-refractivity contribution in [1.29, 1.82) is 0 Å². The zero-order valence-electron chi connectivity index (χ0n) is 10.7. The zero-order valence-corrected chi connectivity index (χ0v) is 11.4. The average molecular weight is 289 g/mol. The Balaban J connectivity index is 1.83. The molecule has 1 heterocycles. The lowest BCUT2D eigenvalue weighted by Gasteiger charge is -2.26. The molecule has 1 unspecified atom stereocenters. The number of hydrogen-bond donors (Lipinski definition) is 1. The van der Waals surface area contributed by atoms with Crippen LogP contribution in [0.5, 0.6) is 5.75 Å². The van der Waals surface area contributed by atoms with Crippen LogP contribution in [0.25, 0.3) is 0 Å². The van der Waals surface area contributed by atoms with Crippen molar-refractivity contribution in [3.63, 3.8) is 0 Å². The summed E-state index contributed by atoms with van der Waals surface area (Å²) < 4.78 is 5.97. The molecule has 0 aliphatic carbocycles. The van der Waals surface area contributed by atoms with Crippen LogP contribution < -0.4 is 4.74 Å². The van der Waals surface area contributed by atoms with Crippen LogP contribution in [-0.2, 0) is 6.42 Å². The summed E-state index contributed by atoms with van der Waals surface area (Å²) in [5.41, 5.74) is 2.41. The van der Waals surface area contributed by atoms with Crippen LogP contribution in [0, 0.1) is 0 Å². The lowest BCUT2D eigenvalue weighted by atomic mass is 9.97. The summed E-state index contributed by atoms with van der Waals surface area (Å²) in [6, 6.07) is 12.5. The molecule has 2 aromatic carbocycles. The number of aryl methyl sites for hydroxylation is 1. The molecule has 1 N–H and O–H groups in total. The molecule has 4 heteroatoms. The summed E-state index contributed by atoms with van der Waals surface area (Å²) in [7, 11) is 0. The monoisotopic (exact) mass is 288 g/mol. The standard InChI is InChI=1S/C16H13ClO3/c17-13-6-8-15-12(9-13)5-7-14(20-15)10-1-3-11(4-2-10)16(18)19/h1-4,6,8-9,14H,5,7H2,(H,18,19). The van der Waals surface area contributed by atoms with E-state index in [4.69, 9.17) is 21.4 Å². The second-order valence-corrected chi connectivity index (χ2v) is 5.26. The molecule has 0 amide bonds. The predicted molar refractivity (Wildman–Crippen MR) is 76.5 cm³/mol. The third-order valence-corrected chi connectivity index (χ3v) is 3.73. The summed E-state index contributed by atoms with van der Waals surface area (Å²) in [5.74, 6) is -0.0611. The van der Waals surface area contributed by atoms with E-state index in [2.05, 4.69) is 0 Å². The van der Waals surface area contributed by atoms with E-state index < -0.39 is 5.97 Å². The molecule has 20 heavy (non-hydrogen) atoms. The number of carboxylic acid groups (broad SMARTS) is 1. The Morgan fingerprint density at radius 1 is 1.20 bits per heavy atom. The highest BCUT2D eigenvalue weighted by molar-refractivity contribution is 6.30. The van der Waals surface area contributed by atoms with Gasteiger partial charge in [-0.25, -0.2) is 4.79 Å². The van der Waals surface area contributed by atoms with Gasteiger partial charge in [0.2, 0.25) is 0 Å². The van der Waals surface area contributed by atoms with Crippen molar-refractivity contribution in [2.75, 3.05) is 0 Å². The SMILES string of the molecule is O=C(O)c1ccc(C2CCc3cc(Cl)ccc3O2)cc1. The Morgan fingerprint density at radius 2 is 1.95 bits per heavy atom. The van der Waals surface area contributed by atoms with Crippen LogP contribution in [0.3, 0.4) is 0 Å². The van der Waals surface area contributed by atoms with Crippen molar-refractivity contribution in [1.82, 2.24) is 0 Å². The summed E-state index contributed by atoms with van der Waals surface area (Å²) in [4.78, 5) is 10.8. The van der Waals surface area contributed by atoms with E-state index in [0.29, 0.717) is 0 Å². The number of aromatic carboxylic acids is 1. The minimum atomic E-state index is -0.916. The number of carbonyl (C=O) groups is 1. The minimum Gasteiger partial charge on any atom is -0.485 e. The molecule has 102 valence electrons. The maximum absolute atomic E-state index is 10.8. The lowest BCUT2D eigenvalue weighted by molar-refractivity contribution is 0.0696. The second-order valence-electron chi connectivity index (χ2n) is 4.82. The quantitative estimate of drug-likeness (QED) is 0.905. The zero-order chi connectivity index (χ0) is 14.1. The van der Waals surface area contributed by atoms with Crippen LogP contribution in [0.2, 0.25) is 5.02 Å². The highest BCUT2D eigenvalue weighted by Gasteiger charge is 2.21. The van der Waals surface area contributed by atoms with Crippen molar-refractivity contribution in [2.24, 2.45) is 0 Å². The third-order valence-electron chi connectivity index (χ3n) is 3.50. The van der Waals surface area contributed by atoms with Crippen LogP contribution in [0.15, 0.2) is 42.5 Å². The van der Waals surface area contributed by atoms with Crippen LogP contribution in [-0.4, -0.2) is 11.1 Å². The van der Waals surface area contributed by atoms with E-state index in [1.807, 2.05) is 30.3 Å². The highest BCUT2D eigenvalue weighted by atomic mass is 35.5. The average Bonchev–Trinajstić information content (AvgIpc) is 2.47. The summed E-state index contributed by atoms with van der Waals surface area (Å²) in [6.45, 7) is 0. The Hall–Kier alpha value is -2.00. The van der Waals surface area contributed by atoms with Gasteiger partial charge in [0.25, 0.3) is 0 Å². The Kier molecular flexibility index (Phi) is 3.36. The largest absolute Gasteiger partial charge is 0.485 e. The van der Waals surface area contributed by atoms with Gasteiger partial charge < -0.3 is 9.84 Å². The molecule has 2 aromatic rings. The minimum absolute atomic E-state index is 0.0356. The van der Waals surface area contributed by atoms with E-state index >= 15 is 0 Å². The Morgan fingerprint density at radius 3 is 2.65 bits per heavy atom. The van der Waals surface area contributed by atoms with Gasteiger partial charge in [-0.2, -0.15) is 0 Å². The fraction of sp³-hybridized carbons (Fsp3) is 0.188. The van der Waals surface area contributed by atoms with Crippen LogP contribution in [0.1, 0.15) is 34.0 Å². The van der Waals surface area contributed by atoms with Gasteiger partial charge in [0.05, 0.1) is 5.56 Å². The van der Waals surface area contributed by atoms with Crippen molar-refractivity contribution >= 4 is 17.6 Å². The van der Waals surface area contributed by atoms with Crippen LogP contribution >= 0.6 is 11.6 Å². The molecule has 1 atom stereocenters. The summed E-state index contributed by atoms with van der Waals surface area (Å²) >= 11 is 5.97. The normalized spacial score (nSPS) is 17.1. The third kappa shape index (κ3) is 2.49. The van der Waals surface area contributed by atoms with E-state index in [1.165, 1.54) is 0 Å². The number of ether oxygens (including phenoxy) is 1. The Bertz CT molecular complexity index is 649. The van der Waals surface area contributed by atoms with E-state index in [-0.39, 0.29) is 11.7 Å². The number of benzene rings is 2. The first kappa shape index (κ1) is 13.0. The van der Waals surface area contributed by atoms with E-state index in [1.54, 1.807) is 12.1 Å². The van der Waals surface area contributed by atoms with Gasteiger partial charge >= 0.3 is 5.97 Å². The van der Waals surface area contributed by atoms with Gasteiger partial charge in [0.1, 0.15) is 11.9 Å². The van der Waals surface area contributed by atoms with Gasteiger partial charge in [-0.1, -0.05) is 23.7 Å². The summed E-state index contributed by atoms with van der Waals surface area (Å²) in [5, 5.41) is 9.62. The van der Waals surface area contributed by atoms with Gasteiger partial charge in [-0.3, -0.25) is 0 Å². The van der Waals surface area contributed by atoms with Crippen LogP contribution in [0.4, 0.5) is 0 Å². The molecule has 1 aliphatic heterocycles. The highest BCUT2D eigenvalue weighted by Crippen LogP contribution is 2.36. The molecular weight excluding hydrogens is 276 g/mol. The molecule has 0 spiro atoms. The molecule has 0 saturated carbocycles. The van der Waals surface area contributed by atoms with Crippen molar-refractivity contribution < 1.29 is 14.6 Å². The molecule has 3 rings (SSSR count). The molecule has 0 fully saturated rings. The molecule has 3 nitrogen and oxygen atoms in total. The fourth-order valence-corrected chi connectivity index (χ4v) is 2.63. The first-order chi connectivity index (χ1) is 9.63. The van der Waals surface area contributed by atoms with Crippen molar-refractivity contribution in [2.45, 2.75) is 18.9 Å². The number of fused-ring (bicyclic) bond motifs is 1. The van der Waals surface area contributed by atoms with Gasteiger partial charge in [0.15, 0.2) is 0 Å². The van der Waals surface area contributed by atoms with E-state index in [0.717, 1.165) is 34.7 Å². The van der Waals surface area contributed by atoms with Crippen molar-refractivity contribution in [3.8, 4) is 5.75 Å². The number of halogens is 1. The molecule has 0 aromatic heterocycles. The number of carboxylic acids is 1. The summed E-state index contributed by atoms with van der Waals surface area (Å²) in [6.07, 6.45) is 1.73. The molecule has 1 aliphatic rings. The molecule has 0 radical (unpaired) electrons. The molecular formula is C16H13ClO3. The Labute approximate surface area is 121 Å².